The van der Waals surface area contributed by atoms with Crippen LogP contribution in [-0.2, 0) is 0 Å². The summed E-state index contributed by atoms with van der Waals surface area (Å²) in [4.78, 5) is 12.0. The van der Waals surface area contributed by atoms with Crippen molar-refractivity contribution in [3.63, 3.8) is 0 Å². The van der Waals surface area contributed by atoms with Crippen LogP contribution in [0.15, 0.2) is 47.1 Å². The maximum atomic E-state index is 14.0. The molecule has 0 saturated heterocycles. The second-order valence-electron chi connectivity index (χ2n) is 4.99. The van der Waals surface area contributed by atoms with Gasteiger partial charge in [-0.05, 0) is 30.3 Å². The summed E-state index contributed by atoms with van der Waals surface area (Å²) in [6, 6.07) is 10.6. The molecule has 0 bridgehead atoms. The van der Waals surface area contributed by atoms with Crippen LogP contribution in [0.2, 0.25) is 5.02 Å². The summed E-state index contributed by atoms with van der Waals surface area (Å²) in [5.74, 6) is 0.00848. The minimum atomic E-state index is -0.401. The minimum Gasteiger partial charge on any atom is -0.336 e. The van der Waals surface area contributed by atoms with Crippen LogP contribution in [0.1, 0.15) is 0 Å². The number of aromatic nitrogens is 3. The maximum absolute atomic E-state index is 14.0. The van der Waals surface area contributed by atoms with Crippen molar-refractivity contribution < 1.29 is 4.39 Å². The first-order chi connectivity index (χ1) is 11.1. The first-order valence-electron chi connectivity index (χ1n) is 6.77. The molecular formula is C16H9BrClFN3P. The molecule has 4 aromatic rings. The maximum Gasteiger partial charge on any atom is 0.142 e. The molecule has 1 N–H and O–H groups in total. The molecule has 0 saturated carbocycles. The fraction of sp³-hybridized carbons (Fsp3) is 0. The minimum absolute atomic E-state index is 0.280. The highest BCUT2D eigenvalue weighted by molar-refractivity contribution is 9.10. The Morgan fingerprint density at radius 2 is 2.09 bits per heavy atom. The van der Waals surface area contributed by atoms with E-state index in [0.29, 0.717) is 19.0 Å². The van der Waals surface area contributed by atoms with E-state index in [1.807, 2.05) is 12.1 Å². The summed E-state index contributed by atoms with van der Waals surface area (Å²) >= 11 is 9.54. The van der Waals surface area contributed by atoms with Crippen molar-refractivity contribution in [2.75, 3.05) is 0 Å². The lowest BCUT2D eigenvalue weighted by molar-refractivity contribution is 0.630. The molecule has 114 valence electrons. The van der Waals surface area contributed by atoms with E-state index in [4.69, 9.17) is 11.6 Å². The van der Waals surface area contributed by atoms with Gasteiger partial charge in [0.1, 0.15) is 17.1 Å². The molecule has 3 nitrogen and oxygen atoms in total. The first kappa shape index (κ1) is 14.9. The molecule has 23 heavy (non-hydrogen) atoms. The van der Waals surface area contributed by atoms with Crippen LogP contribution in [-0.4, -0.2) is 15.0 Å². The van der Waals surface area contributed by atoms with Gasteiger partial charge in [-0.3, -0.25) is 0 Å². The number of hydrogen-bond donors (Lipinski definition) is 1. The van der Waals surface area contributed by atoms with Gasteiger partial charge in [0.25, 0.3) is 0 Å². The van der Waals surface area contributed by atoms with E-state index in [9.17, 15) is 4.39 Å². The van der Waals surface area contributed by atoms with Crippen LogP contribution in [0, 0.1) is 5.82 Å². The Bertz CT molecular complexity index is 1010. The number of H-pyrrole nitrogens is 1. The van der Waals surface area contributed by atoms with Gasteiger partial charge in [0, 0.05) is 9.59 Å². The third kappa shape index (κ3) is 2.69. The summed E-state index contributed by atoms with van der Waals surface area (Å²) in [6.45, 7) is 0. The van der Waals surface area contributed by atoms with Crippen molar-refractivity contribution >= 4 is 46.4 Å². The lowest BCUT2D eigenvalue weighted by Crippen LogP contribution is -1.87. The number of aromatic amines is 1. The van der Waals surface area contributed by atoms with E-state index < -0.39 is 5.82 Å². The number of imidazole rings is 1. The summed E-state index contributed by atoms with van der Waals surface area (Å²) in [5, 5.41) is 1.51. The van der Waals surface area contributed by atoms with Gasteiger partial charge in [-0.1, -0.05) is 33.6 Å². The molecular weight excluding hydrogens is 400 g/mol. The second kappa shape index (κ2) is 5.75. The molecule has 0 aliphatic rings. The van der Waals surface area contributed by atoms with Crippen molar-refractivity contribution in [3.8, 4) is 22.5 Å². The Morgan fingerprint density at radius 3 is 2.91 bits per heavy atom. The summed E-state index contributed by atoms with van der Waals surface area (Å²) in [5.41, 5.74) is 2.92. The Hall–Kier alpha value is -1.68. The highest BCUT2D eigenvalue weighted by Crippen LogP contribution is 2.36. The molecule has 0 aliphatic heterocycles. The molecule has 7 heteroatoms. The van der Waals surface area contributed by atoms with Gasteiger partial charge in [-0.2, -0.15) is 0 Å². The average Bonchev–Trinajstić information content (AvgIpc) is 3.13. The standard InChI is InChI=1S/C16H9BrClFN3P/c17-8-4-5-13-11(6-8)22-16(23-13)12-7-20-15(21-12)14-9(18)2-1-3-10(14)19/h1-7,23H,(H,20,21). The Kier molecular flexibility index (Phi) is 3.72. The lowest BCUT2D eigenvalue weighted by atomic mass is 10.2. The zero-order valence-electron chi connectivity index (χ0n) is 11.6. The van der Waals surface area contributed by atoms with Crippen LogP contribution in [0.4, 0.5) is 4.39 Å². The predicted molar refractivity (Wildman–Crippen MR) is 96.9 cm³/mol. The van der Waals surface area contributed by atoms with Crippen LogP contribution in [0.25, 0.3) is 33.1 Å². The van der Waals surface area contributed by atoms with E-state index in [1.54, 1.807) is 18.3 Å². The lowest BCUT2D eigenvalue weighted by Gasteiger charge is -2.01. The molecule has 2 aromatic heterocycles. The van der Waals surface area contributed by atoms with Gasteiger partial charge in [0.15, 0.2) is 0 Å². The normalized spacial score (nSPS) is 11.6. The number of fused-ring (bicyclic) bond motifs is 1. The first-order valence-corrected chi connectivity index (χ1v) is 8.94. The topological polar surface area (TPSA) is 41.6 Å². The van der Waals surface area contributed by atoms with Gasteiger partial charge in [0.2, 0.25) is 0 Å². The van der Waals surface area contributed by atoms with Crippen molar-refractivity contribution in [1.82, 2.24) is 15.0 Å². The summed E-state index contributed by atoms with van der Waals surface area (Å²) in [6.07, 6.45) is 1.67. The molecule has 2 heterocycles. The molecule has 2 aromatic carbocycles. The Morgan fingerprint density at radius 1 is 1.22 bits per heavy atom. The van der Waals surface area contributed by atoms with Crippen LogP contribution < -0.4 is 0 Å². The third-order valence-electron chi connectivity index (χ3n) is 3.48. The number of nitrogens with zero attached hydrogens (tertiary/aromatic N) is 2. The molecule has 1 atom stereocenters. The predicted octanol–water partition coefficient (Wildman–Crippen LogP) is 5.88. The van der Waals surface area contributed by atoms with Crippen molar-refractivity contribution in [3.05, 3.63) is 57.9 Å². The molecule has 0 radical (unpaired) electrons. The summed E-state index contributed by atoms with van der Waals surface area (Å²) < 4.78 is 15.0. The van der Waals surface area contributed by atoms with E-state index in [0.717, 1.165) is 21.1 Å². The fourth-order valence-corrected chi connectivity index (χ4v) is 4.12. The Balaban J connectivity index is 1.80. The number of rotatable bonds is 2. The van der Waals surface area contributed by atoms with E-state index in [1.165, 1.54) is 11.2 Å². The van der Waals surface area contributed by atoms with E-state index >= 15 is 0 Å². The molecule has 0 fully saturated rings. The van der Waals surface area contributed by atoms with Gasteiger partial charge in [-0.15, -0.1) is 8.19 Å². The largest absolute Gasteiger partial charge is 0.336 e. The Labute approximate surface area is 146 Å². The van der Waals surface area contributed by atoms with Gasteiger partial charge in [0.05, 0.1) is 28.0 Å². The smallest absolute Gasteiger partial charge is 0.142 e. The summed E-state index contributed by atoms with van der Waals surface area (Å²) in [7, 11) is 0.441. The zero-order chi connectivity index (χ0) is 16.0. The van der Waals surface area contributed by atoms with E-state index in [-0.39, 0.29) is 5.56 Å². The molecule has 0 aliphatic carbocycles. The monoisotopic (exact) mass is 407 g/mol. The van der Waals surface area contributed by atoms with Gasteiger partial charge >= 0.3 is 0 Å². The van der Waals surface area contributed by atoms with Crippen molar-refractivity contribution in [2.45, 2.75) is 0 Å². The number of benzene rings is 2. The highest BCUT2D eigenvalue weighted by Gasteiger charge is 2.15. The molecule has 1 unspecified atom stereocenters. The van der Waals surface area contributed by atoms with Crippen LogP contribution >= 0.6 is 35.7 Å². The quantitative estimate of drug-likeness (QED) is 0.450. The van der Waals surface area contributed by atoms with Gasteiger partial charge < -0.3 is 4.98 Å². The molecule has 0 amide bonds. The van der Waals surface area contributed by atoms with Crippen molar-refractivity contribution in [2.24, 2.45) is 0 Å². The van der Waals surface area contributed by atoms with Crippen molar-refractivity contribution in [1.29, 1.82) is 0 Å². The highest BCUT2D eigenvalue weighted by atomic mass is 79.9. The van der Waals surface area contributed by atoms with Crippen LogP contribution in [0.3, 0.4) is 0 Å². The average molecular weight is 409 g/mol. The van der Waals surface area contributed by atoms with Gasteiger partial charge in [-0.25, -0.2) is 14.4 Å². The number of hydrogen-bond acceptors (Lipinski definition) is 2. The van der Waals surface area contributed by atoms with E-state index in [2.05, 4.69) is 36.9 Å². The second-order valence-corrected chi connectivity index (χ2v) is 7.57. The van der Waals surface area contributed by atoms with Crippen LogP contribution in [0.5, 0.6) is 0 Å². The SMILES string of the molecule is Fc1cccc(Cl)c1-c1ncc(-c2nc3cc(Br)ccc3[pH]2)[nH]1. The number of nitrogens with one attached hydrogen (secondary N) is 1. The molecule has 0 spiro atoms. The zero-order valence-corrected chi connectivity index (χ0v) is 14.9. The fourth-order valence-electron chi connectivity index (χ4n) is 2.40. The molecule has 4 rings (SSSR count). The number of halogens is 3. The third-order valence-corrected chi connectivity index (χ3v) is 5.59.